The second kappa shape index (κ2) is 7.44. The Bertz CT molecular complexity index is 1030. The van der Waals surface area contributed by atoms with Gasteiger partial charge in [0.05, 0.1) is 11.9 Å². The summed E-state index contributed by atoms with van der Waals surface area (Å²) in [5, 5.41) is 2.84. The summed E-state index contributed by atoms with van der Waals surface area (Å²) in [6.45, 7) is 1.64. The minimum Gasteiger partial charge on any atom is -0.343 e. The maximum Gasteiger partial charge on any atom is 0.280 e. The summed E-state index contributed by atoms with van der Waals surface area (Å²) < 4.78 is 13.8. The van der Waals surface area contributed by atoms with E-state index < -0.39 is 17.6 Å². The molecule has 134 valence electrons. The minimum absolute atomic E-state index is 0.227. The number of hydrogen-bond acceptors (Lipinski definition) is 5. The van der Waals surface area contributed by atoms with E-state index >= 15 is 0 Å². The van der Waals surface area contributed by atoms with E-state index in [1.54, 1.807) is 6.07 Å². The van der Waals surface area contributed by atoms with Crippen molar-refractivity contribution in [3.8, 4) is 0 Å². The molecule has 0 radical (unpaired) electrons. The fourth-order valence-electron chi connectivity index (χ4n) is 2.26. The standard InChI is InChI=1S/C17H15FN4O3S/c1-2-12-7-13-16(26-12)20-9-22(17(13)25)21-14(23)8-19-15(24)10-3-5-11(18)6-4-10/h3-7,9H,2,8H2,1H3,(H,19,24)(H,21,23). The number of benzene rings is 1. The van der Waals surface area contributed by atoms with Crippen LogP contribution in [0.5, 0.6) is 0 Å². The molecule has 0 saturated carbocycles. The van der Waals surface area contributed by atoms with Crippen LogP contribution >= 0.6 is 11.3 Å². The molecule has 26 heavy (non-hydrogen) atoms. The fourth-order valence-corrected chi connectivity index (χ4v) is 3.19. The van der Waals surface area contributed by atoms with Crippen molar-refractivity contribution in [1.82, 2.24) is 15.0 Å². The van der Waals surface area contributed by atoms with Gasteiger partial charge in [-0.3, -0.25) is 19.8 Å². The Balaban J connectivity index is 1.65. The molecule has 2 N–H and O–H groups in total. The largest absolute Gasteiger partial charge is 0.343 e. The molecule has 0 aliphatic rings. The highest BCUT2D eigenvalue weighted by atomic mass is 32.1. The van der Waals surface area contributed by atoms with Crippen LogP contribution in [0.15, 0.2) is 41.5 Å². The number of fused-ring (bicyclic) bond motifs is 1. The SMILES string of the molecule is CCc1cc2c(=O)n(NC(=O)CNC(=O)c3ccc(F)cc3)cnc2s1. The van der Waals surface area contributed by atoms with Gasteiger partial charge in [-0.05, 0) is 36.8 Å². The van der Waals surface area contributed by atoms with E-state index in [4.69, 9.17) is 0 Å². The zero-order valence-electron chi connectivity index (χ0n) is 13.8. The number of thiophene rings is 1. The van der Waals surface area contributed by atoms with E-state index in [0.29, 0.717) is 10.2 Å². The maximum atomic E-state index is 12.8. The van der Waals surface area contributed by atoms with Crippen LogP contribution in [0.3, 0.4) is 0 Å². The normalized spacial score (nSPS) is 10.7. The molecule has 3 rings (SSSR count). The fraction of sp³-hybridized carbons (Fsp3) is 0.176. The van der Waals surface area contributed by atoms with Crippen molar-refractivity contribution in [2.45, 2.75) is 13.3 Å². The summed E-state index contributed by atoms with van der Waals surface area (Å²) in [6.07, 6.45) is 2.03. The molecule has 3 aromatic rings. The summed E-state index contributed by atoms with van der Waals surface area (Å²) >= 11 is 1.43. The highest BCUT2D eigenvalue weighted by Crippen LogP contribution is 2.20. The Morgan fingerprint density at radius 3 is 2.69 bits per heavy atom. The molecule has 2 heterocycles. The lowest BCUT2D eigenvalue weighted by molar-refractivity contribution is -0.116. The number of halogens is 1. The first kappa shape index (κ1) is 17.7. The first-order valence-electron chi connectivity index (χ1n) is 7.81. The molecule has 0 fully saturated rings. The molecular weight excluding hydrogens is 359 g/mol. The molecule has 7 nitrogen and oxygen atoms in total. The zero-order chi connectivity index (χ0) is 18.7. The Morgan fingerprint density at radius 1 is 1.27 bits per heavy atom. The molecule has 2 aromatic heterocycles. The Morgan fingerprint density at radius 2 is 2.00 bits per heavy atom. The van der Waals surface area contributed by atoms with Crippen molar-refractivity contribution < 1.29 is 14.0 Å². The first-order valence-corrected chi connectivity index (χ1v) is 8.63. The van der Waals surface area contributed by atoms with Gasteiger partial charge >= 0.3 is 0 Å². The van der Waals surface area contributed by atoms with Gasteiger partial charge < -0.3 is 5.32 Å². The van der Waals surface area contributed by atoms with Gasteiger partial charge in [-0.15, -0.1) is 11.3 Å². The maximum absolute atomic E-state index is 12.8. The summed E-state index contributed by atoms with van der Waals surface area (Å²) in [4.78, 5) is 42.1. The van der Waals surface area contributed by atoms with E-state index in [9.17, 15) is 18.8 Å². The monoisotopic (exact) mass is 374 g/mol. The van der Waals surface area contributed by atoms with Crippen molar-refractivity contribution in [2.24, 2.45) is 0 Å². The molecule has 0 unspecified atom stereocenters. The lowest BCUT2D eigenvalue weighted by Gasteiger charge is -2.08. The lowest BCUT2D eigenvalue weighted by Crippen LogP contribution is -2.39. The van der Waals surface area contributed by atoms with Gasteiger partial charge in [-0.2, -0.15) is 0 Å². The van der Waals surface area contributed by atoms with Crippen molar-refractivity contribution in [3.63, 3.8) is 0 Å². The van der Waals surface area contributed by atoms with Gasteiger partial charge in [0.1, 0.15) is 17.0 Å². The third kappa shape index (κ3) is 3.77. The van der Waals surface area contributed by atoms with E-state index in [2.05, 4.69) is 15.7 Å². The van der Waals surface area contributed by atoms with Gasteiger partial charge in [0.15, 0.2) is 0 Å². The molecule has 0 aliphatic carbocycles. The number of rotatable bonds is 5. The minimum atomic E-state index is -0.588. The van der Waals surface area contributed by atoms with Crippen LogP contribution in [-0.2, 0) is 11.2 Å². The molecule has 9 heteroatoms. The predicted molar refractivity (Wildman–Crippen MR) is 96.4 cm³/mol. The molecule has 1 aromatic carbocycles. The van der Waals surface area contributed by atoms with Crippen LogP contribution < -0.4 is 16.3 Å². The van der Waals surface area contributed by atoms with Crippen LogP contribution in [0.4, 0.5) is 4.39 Å². The summed E-state index contributed by atoms with van der Waals surface area (Å²) in [5.41, 5.74) is 2.22. The quantitative estimate of drug-likeness (QED) is 0.710. The average Bonchev–Trinajstić information content (AvgIpc) is 3.07. The molecule has 0 atom stereocenters. The number of carbonyl (C=O) groups is 2. The molecule has 0 spiro atoms. The number of aryl methyl sites for hydroxylation is 1. The third-order valence-electron chi connectivity index (χ3n) is 3.61. The molecule has 2 amide bonds. The van der Waals surface area contributed by atoms with Crippen molar-refractivity contribution in [1.29, 1.82) is 0 Å². The van der Waals surface area contributed by atoms with Crippen molar-refractivity contribution >= 4 is 33.4 Å². The highest BCUT2D eigenvalue weighted by Gasteiger charge is 2.12. The first-order chi connectivity index (χ1) is 12.5. The van der Waals surface area contributed by atoms with Gasteiger partial charge in [-0.25, -0.2) is 14.1 Å². The lowest BCUT2D eigenvalue weighted by atomic mass is 10.2. The van der Waals surface area contributed by atoms with Gasteiger partial charge in [0, 0.05) is 10.4 Å². The van der Waals surface area contributed by atoms with Crippen LogP contribution in [0.2, 0.25) is 0 Å². The van der Waals surface area contributed by atoms with Gasteiger partial charge in [0.2, 0.25) is 0 Å². The Labute approximate surface area is 151 Å². The smallest absolute Gasteiger partial charge is 0.280 e. The molecule has 0 bridgehead atoms. The van der Waals surface area contributed by atoms with Crippen molar-refractivity contribution in [3.05, 3.63) is 63.3 Å². The topological polar surface area (TPSA) is 93.1 Å². The van der Waals surface area contributed by atoms with E-state index in [1.807, 2.05) is 6.92 Å². The molecule has 0 saturated heterocycles. The van der Waals surface area contributed by atoms with Crippen LogP contribution in [0, 0.1) is 5.82 Å². The Hall–Kier alpha value is -3.07. The summed E-state index contributed by atoms with van der Waals surface area (Å²) in [6, 6.07) is 6.69. The second-order valence-corrected chi connectivity index (χ2v) is 6.54. The molecular formula is C17H15FN4O3S. The van der Waals surface area contributed by atoms with Crippen LogP contribution in [0.25, 0.3) is 10.2 Å². The average molecular weight is 374 g/mol. The number of carbonyl (C=O) groups excluding carboxylic acids is 2. The van der Waals surface area contributed by atoms with Crippen LogP contribution in [-0.4, -0.2) is 28.0 Å². The van der Waals surface area contributed by atoms with E-state index in [0.717, 1.165) is 28.1 Å². The number of amides is 2. The van der Waals surface area contributed by atoms with Gasteiger partial charge in [-0.1, -0.05) is 6.92 Å². The number of aromatic nitrogens is 2. The number of nitrogens with one attached hydrogen (secondary N) is 2. The number of hydrogen-bond donors (Lipinski definition) is 2. The number of nitrogens with zero attached hydrogens (tertiary/aromatic N) is 2. The van der Waals surface area contributed by atoms with Gasteiger partial charge in [0.25, 0.3) is 17.4 Å². The molecule has 0 aliphatic heterocycles. The summed E-state index contributed by atoms with van der Waals surface area (Å²) in [7, 11) is 0. The van der Waals surface area contributed by atoms with E-state index in [-0.39, 0.29) is 17.7 Å². The van der Waals surface area contributed by atoms with E-state index in [1.165, 1.54) is 29.8 Å². The Kier molecular flexibility index (Phi) is 5.08. The summed E-state index contributed by atoms with van der Waals surface area (Å²) in [5.74, 6) is -1.57. The van der Waals surface area contributed by atoms with Crippen LogP contribution in [0.1, 0.15) is 22.2 Å². The zero-order valence-corrected chi connectivity index (χ0v) is 14.6. The van der Waals surface area contributed by atoms with Crippen molar-refractivity contribution in [2.75, 3.05) is 12.0 Å². The third-order valence-corrected chi connectivity index (χ3v) is 4.80. The predicted octanol–water partition coefficient (Wildman–Crippen LogP) is 1.66. The highest BCUT2D eigenvalue weighted by molar-refractivity contribution is 7.18. The second-order valence-electron chi connectivity index (χ2n) is 5.43.